The molecule has 0 bridgehead atoms. The van der Waals surface area contributed by atoms with E-state index in [2.05, 4.69) is 20.5 Å². The van der Waals surface area contributed by atoms with Gasteiger partial charge in [0.15, 0.2) is 30.6 Å². The maximum absolute atomic E-state index is 7.57. The Morgan fingerprint density at radius 2 is 1.43 bits per heavy atom. The van der Waals surface area contributed by atoms with Gasteiger partial charge in [0.25, 0.3) is 0 Å². The maximum Gasteiger partial charge on any atom is 0.181 e. The minimum absolute atomic E-state index is 0.144. The highest BCUT2D eigenvalue weighted by atomic mass is 16.7. The van der Waals surface area contributed by atoms with Crippen LogP contribution in [-0.2, 0) is 14.2 Å². The lowest BCUT2D eigenvalue weighted by atomic mass is 10.1. The van der Waals surface area contributed by atoms with E-state index < -0.39 is 0 Å². The Kier molecular flexibility index (Phi) is 17.2. The number of anilines is 1. The summed E-state index contributed by atoms with van der Waals surface area (Å²) in [6, 6.07) is 13.2. The van der Waals surface area contributed by atoms with E-state index in [4.69, 9.17) is 43.5 Å². The summed E-state index contributed by atoms with van der Waals surface area (Å²) in [5, 5.41) is 11.8. The number of methoxy groups -OCH3 is 5. The van der Waals surface area contributed by atoms with E-state index >= 15 is 0 Å². The number of nitrogen functional groups attached to an aromatic ring is 1. The molecule has 4 N–H and O–H groups in total. The fourth-order valence-electron chi connectivity index (χ4n) is 3.77. The van der Waals surface area contributed by atoms with Gasteiger partial charge in [0, 0.05) is 57.9 Å². The number of ether oxygens (including phenoxy) is 5. The first kappa shape index (κ1) is 37.5. The van der Waals surface area contributed by atoms with Crippen LogP contribution in [-0.4, -0.2) is 79.4 Å². The van der Waals surface area contributed by atoms with E-state index in [9.17, 15) is 0 Å². The number of nitrogens with zero attached hydrogens (tertiary/aromatic N) is 4. The Balaban J connectivity index is 0.000000239. The van der Waals surface area contributed by atoms with Crippen LogP contribution >= 0.6 is 0 Å². The third kappa shape index (κ3) is 11.6. The van der Waals surface area contributed by atoms with Crippen molar-refractivity contribution in [3.63, 3.8) is 0 Å². The molecule has 0 radical (unpaired) electrons. The molecule has 14 heteroatoms. The summed E-state index contributed by atoms with van der Waals surface area (Å²) in [5.41, 5.74) is 5.96. The van der Waals surface area contributed by atoms with Crippen LogP contribution in [0.3, 0.4) is 0 Å². The number of nitrogens with one attached hydrogen (secondary N) is 1. The molecular formula is C32H44N6O8. The highest BCUT2D eigenvalue weighted by Gasteiger charge is 2.11. The van der Waals surface area contributed by atoms with E-state index in [0.29, 0.717) is 17.3 Å². The van der Waals surface area contributed by atoms with Gasteiger partial charge in [-0.3, -0.25) is 5.84 Å². The molecule has 5 aromatic rings. The first-order valence-electron chi connectivity index (χ1n) is 14.2. The van der Waals surface area contributed by atoms with Gasteiger partial charge in [-0.05, 0) is 56.3 Å². The van der Waals surface area contributed by atoms with E-state index in [1.165, 1.54) is 12.8 Å². The highest BCUT2D eigenvalue weighted by Crippen LogP contribution is 2.30. The fraction of sp³-hybridized carbons (Fsp3) is 0.344. The molecule has 14 nitrogen and oxygen atoms in total. The molecule has 3 aromatic heterocycles. The van der Waals surface area contributed by atoms with Crippen LogP contribution in [0.25, 0.3) is 28.3 Å². The Bertz CT molecular complexity index is 1460. The molecule has 0 aliphatic rings. The second kappa shape index (κ2) is 21.1. The number of nitrogens with two attached hydrogens (primary N) is 1. The Hall–Kier alpha value is -4.73. The summed E-state index contributed by atoms with van der Waals surface area (Å²) in [6.07, 6.45) is 10.5. The van der Waals surface area contributed by atoms with E-state index in [1.807, 2.05) is 55.6 Å². The molecule has 5 rings (SSSR count). The molecule has 0 aliphatic carbocycles. The summed E-state index contributed by atoms with van der Waals surface area (Å²) in [5.74, 6) is 8.12. The lowest BCUT2D eigenvalue weighted by molar-refractivity contribution is -0.123. The average Bonchev–Trinajstić information content (AvgIpc) is 3.92. The van der Waals surface area contributed by atoms with E-state index in [1.54, 1.807) is 65.7 Å². The molecule has 3 heterocycles. The van der Waals surface area contributed by atoms with E-state index in [-0.39, 0.29) is 19.0 Å². The van der Waals surface area contributed by atoms with Crippen molar-refractivity contribution in [2.75, 3.05) is 47.6 Å². The van der Waals surface area contributed by atoms with Gasteiger partial charge in [0.2, 0.25) is 0 Å². The largest absolute Gasteiger partial charge is 0.495 e. The normalized spacial score (nSPS) is 10.8. The van der Waals surface area contributed by atoms with Crippen molar-refractivity contribution in [2.24, 2.45) is 5.84 Å². The molecular weight excluding hydrogens is 596 g/mol. The zero-order valence-corrected chi connectivity index (χ0v) is 27.2. The summed E-state index contributed by atoms with van der Waals surface area (Å²) in [4.78, 5) is 7.75. The minimum atomic E-state index is -0.144. The van der Waals surface area contributed by atoms with Crippen molar-refractivity contribution in [3.05, 3.63) is 80.0 Å². The standard InChI is InChI=1S/C13H11N3O2.C10H11N3O2.C7H16O3.C2H6O/c1-17-12-7-10(13-8-14-9-18-13)3-4-11(12)16-6-2-5-15-16;1-14-9-4-7(2-3-8(9)13-11)10-5-12-6-15-10;1-6(8-2)5-7(9-3)10-4;1-2-3/h2-9H,1H3;2-6,13H,11H2,1H3;6-7H,5H2,1-4H3;3H,2H2,1H3. The second-order valence-electron chi connectivity index (χ2n) is 9.13. The Morgan fingerprint density at radius 3 is 1.87 bits per heavy atom. The Labute approximate surface area is 269 Å². The number of aromatic nitrogens is 4. The SMILES string of the molecule is CCO.COC(C)CC(OC)OC.COc1cc(-c2cnco2)ccc1-n1cccn1.COc1cc(-c2cnco2)ccc1NN. The number of oxazole rings is 2. The predicted molar refractivity (Wildman–Crippen MR) is 174 cm³/mol. The van der Waals surface area contributed by atoms with Crippen LogP contribution in [0.1, 0.15) is 20.3 Å². The molecule has 0 saturated heterocycles. The van der Waals surface area contributed by atoms with Crippen LogP contribution in [0.15, 0.2) is 88.9 Å². The van der Waals surface area contributed by atoms with Gasteiger partial charge >= 0.3 is 0 Å². The van der Waals surface area contributed by atoms with Crippen LogP contribution in [0.2, 0.25) is 0 Å². The van der Waals surface area contributed by atoms with Crippen molar-refractivity contribution in [1.82, 2.24) is 19.7 Å². The van der Waals surface area contributed by atoms with Gasteiger partial charge in [-0.2, -0.15) is 5.10 Å². The third-order valence-corrected chi connectivity index (χ3v) is 6.17. The smallest absolute Gasteiger partial charge is 0.181 e. The summed E-state index contributed by atoms with van der Waals surface area (Å²) in [7, 11) is 8.13. The number of benzene rings is 2. The molecule has 46 heavy (non-hydrogen) atoms. The van der Waals surface area contributed by atoms with Crippen molar-refractivity contribution < 1.29 is 37.6 Å². The number of hydrogen-bond donors (Lipinski definition) is 3. The number of aliphatic hydroxyl groups is 1. The third-order valence-electron chi connectivity index (χ3n) is 6.17. The van der Waals surface area contributed by atoms with Gasteiger partial charge < -0.3 is 43.1 Å². The van der Waals surface area contributed by atoms with Gasteiger partial charge in [-0.15, -0.1) is 0 Å². The first-order chi connectivity index (χ1) is 22.4. The number of rotatable bonds is 11. The van der Waals surface area contributed by atoms with E-state index in [0.717, 1.165) is 34.7 Å². The van der Waals surface area contributed by atoms with Crippen molar-refractivity contribution in [2.45, 2.75) is 32.7 Å². The van der Waals surface area contributed by atoms with Crippen molar-refractivity contribution in [3.8, 4) is 39.8 Å². The quantitative estimate of drug-likeness (QED) is 0.0977. The van der Waals surface area contributed by atoms with Crippen LogP contribution in [0, 0.1) is 0 Å². The van der Waals surface area contributed by atoms with Crippen molar-refractivity contribution >= 4 is 5.69 Å². The van der Waals surface area contributed by atoms with Gasteiger partial charge in [0.05, 0.1) is 38.4 Å². The lowest BCUT2D eigenvalue weighted by Crippen LogP contribution is -2.20. The van der Waals surface area contributed by atoms with Gasteiger partial charge in [-0.1, -0.05) is 0 Å². The summed E-state index contributed by atoms with van der Waals surface area (Å²) < 4.78 is 37.7. The summed E-state index contributed by atoms with van der Waals surface area (Å²) >= 11 is 0. The average molecular weight is 641 g/mol. The topological polar surface area (TPSA) is 174 Å². The van der Waals surface area contributed by atoms with Crippen LogP contribution < -0.4 is 20.7 Å². The number of hydrazine groups is 1. The van der Waals surface area contributed by atoms with Crippen molar-refractivity contribution in [1.29, 1.82) is 0 Å². The molecule has 1 unspecified atom stereocenters. The Morgan fingerprint density at radius 1 is 0.870 bits per heavy atom. The molecule has 0 amide bonds. The number of hydrogen-bond acceptors (Lipinski definition) is 13. The summed E-state index contributed by atoms with van der Waals surface area (Å²) in [6.45, 7) is 3.91. The molecule has 2 aromatic carbocycles. The molecule has 0 aliphatic heterocycles. The van der Waals surface area contributed by atoms with Crippen LogP contribution in [0.4, 0.5) is 5.69 Å². The molecule has 250 valence electrons. The maximum atomic E-state index is 7.57. The van der Waals surface area contributed by atoms with Gasteiger partial charge in [-0.25, -0.2) is 14.6 Å². The zero-order valence-electron chi connectivity index (χ0n) is 27.2. The minimum Gasteiger partial charge on any atom is -0.495 e. The highest BCUT2D eigenvalue weighted by molar-refractivity contribution is 5.67. The molecule has 0 fully saturated rings. The van der Waals surface area contributed by atoms with Crippen LogP contribution in [0.5, 0.6) is 11.5 Å². The van der Waals surface area contributed by atoms with Gasteiger partial charge in [0.1, 0.15) is 17.2 Å². The number of aliphatic hydroxyl groups excluding tert-OH is 1. The molecule has 0 spiro atoms. The fourth-order valence-corrected chi connectivity index (χ4v) is 3.77. The lowest BCUT2D eigenvalue weighted by Gasteiger charge is -2.16. The zero-order chi connectivity index (χ0) is 33.7. The molecule has 0 saturated carbocycles. The monoisotopic (exact) mass is 640 g/mol. The predicted octanol–water partition coefficient (Wildman–Crippen LogP) is 5.20. The second-order valence-corrected chi connectivity index (χ2v) is 9.13. The molecule has 1 atom stereocenters. The first-order valence-corrected chi connectivity index (χ1v) is 14.2.